The molecule has 0 aromatic heterocycles. The first kappa shape index (κ1) is 12.7. The summed E-state index contributed by atoms with van der Waals surface area (Å²) >= 11 is 5.47. The summed E-state index contributed by atoms with van der Waals surface area (Å²) in [5.74, 6) is -0.361. The fourth-order valence-electron chi connectivity index (χ4n) is 1.13. The molecule has 0 aliphatic heterocycles. The van der Waals surface area contributed by atoms with Crippen LogP contribution in [0.25, 0.3) is 0 Å². The van der Waals surface area contributed by atoms with Gasteiger partial charge in [0.05, 0.1) is 5.56 Å². The molecule has 0 saturated heterocycles. The van der Waals surface area contributed by atoms with Crippen LogP contribution in [0.15, 0.2) is 29.3 Å². The molecule has 0 spiro atoms. The minimum Gasteiger partial charge on any atom is -0.488 e. The zero-order chi connectivity index (χ0) is 12.1. The SMILES string of the molecule is CC(=O)c1ccc(F)cc1OC/C(C)=C/Cl. The molecule has 0 saturated carbocycles. The molecule has 1 rings (SSSR count). The fraction of sp³-hybridized carbons (Fsp3) is 0.250. The molecule has 16 heavy (non-hydrogen) atoms. The average Bonchev–Trinajstić information content (AvgIpc) is 2.25. The number of ketones is 1. The lowest BCUT2D eigenvalue weighted by Crippen LogP contribution is -2.04. The smallest absolute Gasteiger partial charge is 0.163 e. The molecule has 0 amide bonds. The summed E-state index contributed by atoms with van der Waals surface area (Å²) < 4.78 is 18.3. The predicted molar refractivity (Wildman–Crippen MR) is 61.5 cm³/mol. The number of carbonyl (C=O) groups is 1. The van der Waals surface area contributed by atoms with Crippen molar-refractivity contribution in [2.75, 3.05) is 6.61 Å². The van der Waals surface area contributed by atoms with Crippen LogP contribution in [-0.2, 0) is 0 Å². The van der Waals surface area contributed by atoms with E-state index in [-0.39, 0.29) is 18.1 Å². The third-order valence-corrected chi connectivity index (χ3v) is 2.34. The van der Waals surface area contributed by atoms with Crippen LogP contribution in [0.5, 0.6) is 5.75 Å². The van der Waals surface area contributed by atoms with E-state index in [9.17, 15) is 9.18 Å². The number of benzene rings is 1. The Hall–Kier alpha value is -1.35. The van der Waals surface area contributed by atoms with Crippen molar-refractivity contribution >= 4 is 17.4 Å². The number of hydrogen-bond donors (Lipinski definition) is 0. The van der Waals surface area contributed by atoms with Gasteiger partial charge in [0.15, 0.2) is 5.78 Å². The van der Waals surface area contributed by atoms with Gasteiger partial charge in [-0.1, -0.05) is 11.6 Å². The van der Waals surface area contributed by atoms with Gasteiger partial charge in [-0.2, -0.15) is 0 Å². The van der Waals surface area contributed by atoms with E-state index in [0.717, 1.165) is 5.57 Å². The molecule has 0 bridgehead atoms. The Balaban J connectivity index is 2.92. The van der Waals surface area contributed by atoms with E-state index in [1.54, 1.807) is 6.92 Å². The van der Waals surface area contributed by atoms with Gasteiger partial charge in [-0.05, 0) is 31.6 Å². The Kier molecular flexibility index (Phi) is 4.50. The second-order valence-electron chi connectivity index (χ2n) is 3.44. The summed E-state index contributed by atoms with van der Waals surface area (Å²) in [7, 11) is 0. The summed E-state index contributed by atoms with van der Waals surface area (Å²) in [4.78, 5) is 11.2. The maximum absolute atomic E-state index is 13.0. The standard InChI is InChI=1S/C12H12ClFO2/c1-8(6-13)7-16-12-5-10(14)3-4-11(12)9(2)15/h3-6H,7H2,1-2H3/b8-6+. The first-order chi connectivity index (χ1) is 7.54. The summed E-state index contributed by atoms with van der Waals surface area (Å²) in [6, 6.07) is 3.83. The molecule has 0 N–H and O–H groups in total. The van der Waals surface area contributed by atoms with Crippen molar-refractivity contribution in [3.63, 3.8) is 0 Å². The highest BCUT2D eigenvalue weighted by Crippen LogP contribution is 2.21. The molecule has 2 nitrogen and oxygen atoms in total. The van der Waals surface area contributed by atoms with E-state index in [1.807, 2.05) is 0 Å². The predicted octanol–water partition coefficient (Wildman–Crippen LogP) is 3.55. The molecular weight excluding hydrogens is 231 g/mol. The van der Waals surface area contributed by atoms with Gasteiger partial charge in [-0.25, -0.2) is 4.39 Å². The van der Waals surface area contributed by atoms with Crippen molar-refractivity contribution in [2.45, 2.75) is 13.8 Å². The lowest BCUT2D eigenvalue weighted by atomic mass is 10.1. The van der Waals surface area contributed by atoms with E-state index >= 15 is 0 Å². The average molecular weight is 243 g/mol. The van der Waals surface area contributed by atoms with Gasteiger partial charge >= 0.3 is 0 Å². The lowest BCUT2D eigenvalue weighted by molar-refractivity contribution is 0.101. The fourth-order valence-corrected chi connectivity index (χ4v) is 1.19. The molecule has 0 aliphatic carbocycles. The minimum atomic E-state index is -0.437. The first-order valence-corrected chi connectivity index (χ1v) is 5.17. The van der Waals surface area contributed by atoms with Crippen molar-refractivity contribution in [1.29, 1.82) is 0 Å². The van der Waals surface area contributed by atoms with E-state index < -0.39 is 5.82 Å². The van der Waals surface area contributed by atoms with Gasteiger partial charge in [-0.15, -0.1) is 0 Å². The highest BCUT2D eigenvalue weighted by molar-refractivity contribution is 6.25. The number of carbonyl (C=O) groups excluding carboxylic acids is 1. The van der Waals surface area contributed by atoms with E-state index in [2.05, 4.69) is 0 Å². The Bertz CT molecular complexity index is 427. The largest absolute Gasteiger partial charge is 0.488 e. The van der Waals surface area contributed by atoms with Crippen molar-refractivity contribution in [2.24, 2.45) is 0 Å². The van der Waals surface area contributed by atoms with Crippen LogP contribution < -0.4 is 4.74 Å². The normalized spacial score (nSPS) is 11.4. The molecule has 1 aromatic rings. The Morgan fingerprint density at radius 1 is 1.50 bits per heavy atom. The van der Waals surface area contributed by atoms with Crippen molar-refractivity contribution in [3.05, 3.63) is 40.7 Å². The topological polar surface area (TPSA) is 26.3 Å². The molecule has 0 atom stereocenters. The van der Waals surface area contributed by atoms with Crippen LogP contribution in [0.4, 0.5) is 4.39 Å². The quantitative estimate of drug-likeness (QED) is 0.755. The number of rotatable bonds is 4. The van der Waals surface area contributed by atoms with Crippen LogP contribution in [0.2, 0.25) is 0 Å². The number of Topliss-reactive ketones (excluding diaryl/α,β-unsaturated/α-hetero) is 1. The summed E-state index contributed by atoms with van der Waals surface area (Å²) in [6.45, 7) is 3.41. The third kappa shape index (κ3) is 3.35. The summed E-state index contributed by atoms with van der Waals surface area (Å²) in [5.41, 5.74) is 2.54. The van der Waals surface area contributed by atoms with Gasteiger partial charge in [0.2, 0.25) is 0 Å². The van der Waals surface area contributed by atoms with Gasteiger partial charge in [-0.3, -0.25) is 4.79 Å². The minimum absolute atomic E-state index is 0.164. The second kappa shape index (κ2) is 5.66. The number of halogens is 2. The maximum Gasteiger partial charge on any atom is 0.163 e. The Morgan fingerprint density at radius 3 is 2.75 bits per heavy atom. The van der Waals surface area contributed by atoms with Crippen LogP contribution in [0, 0.1) is 5.82 Å². The number of ether oxygens (including phenoxy) is 1. The van der Waals surface area contributed by atoms with Crippen molar-refractivity contribution < 1.29 is 13.9 Å². The highest BCUT2D eigenvalue weighted by atomic mass is 35.5. The molecule has 0 aliphatic rings. The molecule has 0 heterocycles. The molecule has 86 valence electrons. The molecule has 4 heteroatoms. The molecule has 0 unspecified atom stereocenters. The van der Waals surface area contributed by atoms with Gasteiger partial charge in [0.25, 0.3) is 0 Å². The van der Waals surface area contributed by atoms with Crippen LogP contribution in [0.1, 0.15) is 24.2 Å². The van der Waals surface area contributed by atoms with Crippen molar-refractivity contribution in [1.82, 2.24) is 0 Å². The van der Waals surface area contributed by atoms with Crippen LogP contribution in [0.3, 0.4) is 0 Å². The monoisotopic (exact) mass is 242 g/mol. The molecule has 1 aromatic carbocycles. The zero-order valence-electron chi connectivity index (χ0n) is 9.09. The third-order valence-electron chi connectivity index (χ3n) is 1.96. The highest BCUT2D eigenvalue weighted by Gasteiger charge is 2.09. The van der Waals surface area contributed by atoms with Crippen LogP contribution in [-0.4, -0.2) is 12.4 Å². The van der Waals surface area contributed by atoms with E-state index in [1.165, 1.54) is 30.7 Å². The van der Waals surface area contributed by atoms with Gasteiger partial charge < -0.3 is 4.74 Å². The summed E-state index contributed by atoms with van der Waals surface area (Å²) in [5, 5.41) is 0. The molecular formula is C12H12ClFO2. The van der Waals surface area contributed by atoms with Gasteiger partial charge in [0.1, 0.15) is 18.2 Å². The van der Waals surface area contributed by atoms with Crippen LogP contribution >= 0.6 is 11.6 Å². The van der Waals surface area contributed by atoms with E-state index in [4.69, 9.17) is 16.3 Å². The summed E-state index contributed by atoms with van der Waals surface area (Å²) in [6.07, 6.45) is 0. The second-order valence-corrected chi connectivity index (χ2v) is 3.66. The van der Waals surface area contributed by atoms with Gasteiger partial charge in [0, 0.05) is 11.6 Å². The van der Waals surface area contributed by atoms with E-state index in [0.29, 0.717) is 5.56 Å². The molecule has 0 fully saturated rings. The molecule has 0 radical (unpaired) electrons. The Labute approximate surface area is 98.7 Å². The zero-order valence-corrected chi connectivity index (χ0v) is 9.84. The van der Waals surface area contributed by atoms with Crippen molar-refractivity contribution in [3.8, 4) is 5.75 Å². The Morgan fingerprint density at radius 2 is 2.19 bits per heavy atom. The first-order valence-electron chi connectivity index (χ1n) is 4.73. The maximum atomic E-state index is 13.0. The number of hydrogen-bond acceptors (Lipinski definition) is 2. The lowest BCUT2D eigenvalue weighted by Gasteiger charge is -2.09.